The quantitative estimate of drug-likeness (QED) is 0.744. The Kier molecular flexibility index (Phi) is 5.50. The third kappa shape index (κ3) is 4.40. The molecule has 0 bridgehead atoms. The zero-order valence-electron chi connectivity index (χ0n) is 9.65. The summed E-state index contributed by atoms with van der Waals surface area (Å²) in [4.78, 5) is 15.5. The van der Waals surface area contributed by atoms with Crippen molar-refractivity contribution in [3.8, 4) is 0 Å². The molecule has 0 spiro atoms. The van der Waals surface area contributed by atoms with E-state index in [4.69, 9.17) is 5.73 Å². The predicted molar refractivity (Wildman–Crippen MR) is 63.8 cm³/mol. The van der Waals surface area contributed by atoms with E-state index in [1.807, 2.05) is 19.1 Å². The lowest BCUT2D eigenvalue weighted by atomic mass is 10.1. The molecule has 1 aromatic heterocycles. The third-order valence-electron chi connectivity index (χ3n) is 2.51. The maximum atomic E-state index is 11.5. The molecule has 16 heavy (non-hydrogen) atoms. The molecule has 0 radical (unpaired) electrons. The average molecular weight is 221 g/mol. The van der Waals surface area contributed by atoms with Gasteiger partial charge in [0.2, 0.25) is 5.91 Å². The summed E-state index contributed by atoms with van der Waals surface area (Å²) < 4.78 is 0. The van der Waals surface area contributed by atoms with Crippen LogP contribution in [-0.2, 0) is 11.2 Å². The largest absolute Gasteiger partial charge is 0.356 e. The van der Waals surface area contributed by atoms with Gasteiger partial charge < -0.3 is 11.1 Å². The van der Waals surface area contributed by atoms with Crippen molar-refractivity contribution in [2.24, 2.45) is 11.7 Å². The molecule has 0 saturated carbocycles. The number of rotatable bonds is 6. The fourth-order valence-electron chi connectivity index (χ4n) is 1.43. The Balaban J connectivity index is 2.23. The van der Waals surface area contributed by atoms with Crippen LogP contribution in [0.2, 0.25) is 0 Å². The molecule has 4 heteroatoms. The molecule has 4 nitrogen and oxygen atoms in total. The summed E-state index contributed by atoms with van der Waals surface area (Å²) in [7, 11) is 0. The van der Waals surface area contributed by atoms with E-state index in [9.17, 15) is 4.79 Å². The summed E-state index contributed by atoms with van der Waals surface area (Å²) in [5.41, 5.74) is 6.58. The number of hydrogen-bond donors (Lipinski definition) is 2. The number of pyridine rings is 1. The highest BCUT2D eigenvalue weighted by Crippen LogP contribution is 2.00. The Morgan fingerprint density at radius 3 is 2.81 bits per heavy atom. The van der Waals surface area contributed by atoms with Gasteiger partial charge in [-0.15, -0.1) is 0 Å². The van der Waals surface area contributed by atoms with Gasteiger partial charge in [-0.1, -0.05) is 6.92 Å². The van der Waals surface area contributed by atoms with Gasteiger partial charge in [-0.2, -0.15) is 0 Å². The third-order valence-corrected chi connectivity index (χ3v) is 2.51. The number of carbonyl (C=O) groups is 1. The zero-order valence-corrected chi connectivity index (χ0v) is 9.65. The van der Waals surface area contributed by atoms with Crippen LogP contribution in [0.4, 0.5) is 0 Å². The number of nitrogens with one attached hydrogen (secondary N) is 1. The van der Waals surface area contributed by atoms with Crippen LogP contribution in [0.5, 0.6) is 0 Å². The van der Waals surface area contributed by atoms with Crippen LogP contribution < -0.4 is 11.1 Å². The minimum atomic E-state index is 0.00226. The van der Waals surface area contributed by atoms with Crippen molar-refractivity contribution in [2.75, 3.05) is 13.1 Å². The Labute approximate surface area is 96.3 Å². The first-order chi connectivity index (χ1) is 7.74. The summed E-state index contributed by atoms with van der Waals surface area (Å²) in [5.74, 6) is 0.0851. The molecule has 0 aromatic carbocycles. The van der Waals surface area contributed by atoms with Crippen molar-refractivity contribution in [1.29, 1.82) is 0 Å². The molecular formula is C12H19N3O. The first kappa shape index (κ1) is 12.6. The zero-order chi connectivity index (χ0) is 11.8. The molecule has 3 N–H and O–H groups in total. The van der Waals surface area contributed by atoms with E-state index >= 15 is 0 Å². The highest BCUT2D eigenvalue weighted by atomic mass is 16.1. The first-order valence-corrected chi connectivity index (χ1v) is 5.60. The summed E-state index contributed by atoms with van der Waals surface area (Å²) in [6, 6.07) is 3.91. The highest BCUT2D eigenvalue weighted by molar-refractivity contribution is 5.78. The molecule has 0 fully saturated rings. The smallest absolute Gasteiger partial charge is 0.222 e. The van der Waals surface area contributed by atoms with Crippen molar-refractivity contribution in [3.63, 3.8) is 0 Å². The molecule has 1 atom stereocenters. The van der Waals surface area contributed by atoms with E-state index in [2.05, 4.69) is 10.3 Å². The molecule has 0 aliphatic heterocycles. The van der Waals surface area contributed by atoms with Crippen LogP contribution in [0.25, 0.3) is 0 Å². The van der Waals surface area contributed by atoms with Gasteiger partial charge in [-0.3, -0.25) is 9.78 Å². The van der Waals surface area contributed by atoms with Crippen LogP contribution in [0.1, 0.15) is 18.9 Å². The summed E-state index contributed by atoms with van der Waals surface area (Å²) in [5, 5.41) is 2.90. The van der Waals surface area contributed by atoms with Gasteiger partial charge in [-0.05, 0) is 37.1 Å². The Bertz CT molecular complexity index is 313. The van der Waals surface area contributed by atoms with E-state index in [0.717, 1.165) is 12.8 Å². The molecule has 1 rings (SSSR count). The highest BCUT2D eigenvalue weighted by Gasteiger charge is 2.10. The molecule has 1 aromatic rings. The predicted octanol–water partition coefficient (Wildman–Crippen LogP) is 0.725. The van der Waals surface area contributed by atoms with Crippen LogP contribution in [0, 0.1) is 5.92 Å². The molecule has 0 aliphatic carbocycles. The summed E-state index contributed by atoms with van der Waals surface area (Å²) in [6.45, 7) is 3.12. The van der Waals surface area contributed by atoms with Crippen molar-refractivity contribution in [2.45, 2.75) is 19.8 Å². The fourth-order valence-corrected chi connectivity index (χ4v) is 1.43. The Morgan fingerprint density at radius 1 is 1.50 bits per heavy atom. The van der Waals surface area contributed by atoms with Gasteiger partial charge in [0.25, 0.3) is 0 Å². The van der Waals surface area contributed by atoms with E-state index < -0.39 is 0 Å². The SMILES string of the molecule is CC(CCN)C(=O)NCCc1ccncc1. The van der Waals surface area contributed by atoms with Gasteiger partial charge in [0, 0.05) is 24.9 Å². The summed E-state index contributed by atoms with van der Waals surface area (Å²) in [6.07, 6.45) is 5.09. The van der Waals surface area contributed by atoms with Gasteiger partial charge in [-0.25, -0.2) is 0 Å². The second kappa shape index (κ2) is 6.95. The van der Waals surface area contributed by atoms with E-state index in [0.29, 0.717) is 13.1 Å². The molecule has 88 valence electrons. The molecule has 1 heterocycles. The number of amides is 1. The van der Waals surface area contributed by atoms with Crippen LogP contribution in [0.3, 0.4) is 0 Å². The molecule has 0 aliphatic rings. The van der Waals surface area contributed by atoms with E-state index in [1.54, 1.807) is 12.4 Å². The Morgan fingerprint density at radius 2 is 2.19 bits per heavy atom. The Hall–Kier alpha value is -1.42. The van der Waals surface area contributed by atoms with Crippen molar-refractivity contribution in [1.82, 2.24) is 10.3 Å². The number of nitrogens with two attached hydrogens (primary N) is 1. The maximum absolute atomic E-state index is 11.5. The van der Waals surface area contributed by atoms with Crippen LogP contribution in [-0.4, -0.2) is 24.0 Å². The minimum absolute atomic E-state index is 0.00226. The van der Waals surface area contributed by atoms with E-state index in [1.165, 1.54) is 5.56 Å². The lowest BCUT2D eigenvalue weighted by Crippen LogP contribution is -2.31. The fraction of sp³-hybridized carbons (Fsp3) is 0.500. The normalized spacial score (nSPS) is 12.1. The van der Waals surface area contributed by atoms with Crippen molar-refractivity contribution in [3.05, 3.63) is 30.1 Å². The van der Waals surface area contributed by atoms with Crippen molar-refractivity contribution >= 4 is 5.91 Å². The van der Waals surface area contributed by atoms with Crippen LogP contribution in [0.15, 0.2) is 24.5 Å². The lowest BCUT2D eigenvalue weighted by molar-refractivity contribution is -0.124. The average Bonchev–Trinajstić information content (AvgIpc) is 2.30. The van der Waals surface area contributed by atoms with Gasteiger partial charge >= 0.3 is 0 Å². The molecule has 1 unspecified atom stereocenters. The lowest BCUT2D eigenvalue weighted by Gasteiger charge is -2.10. The topological polar surface area (TPSA) is 68.0 Å². The van der Waals surface area contributed by atoms with Crippen LogP contribution >= 0.6 is 0 Å². The number of carbonyl (C=O) groups excluding carboxylic acids is 1. The van der Waals surface area contributed by atoms with Gasteiger partial charge in [0.15, 0.2) is 0 Å². The monoisotopic (exact) mass is 221 g/mol. The molecule has 0 saturated heterocycles. The minimum Gasteiger partial charge on any atom is -0.356 e. The first-order valence-electron chi connectivity index (χ1n) is 5.60. The van der Waals surface area contributed by atoms with Gasteiger partial charge in [0.05, 0.1) is 0 Å². The maximum Gasteiger partial charge on any atom is 0.222 e. The second-order valence-electron chi connectivity index (χ2n) is 3.87. The van der Waals surface area contributed by atoms with Gasteiger partial charge in [0.1, 0.15) is 0 Å². The van der Waals surface area contributed by atoms with Crippen molar-refractivity contribution < 1.29 is 4.79 Å². The molecule has 1 amide bonds. The number of hydrogen-bond acceptors (Lipinski definition) is 3. The standard InChI is InChI=1S/C12H19N3O/c1-10(2-6-13)12(16)15-9-5-11-3-7-14-8-4-11/h3-4,7-8,10H,2,5-6,9,13H2,1H3,(H,15,16). The number of aromatic nitrogens is 1. The summed E-state index contributed by atoms with van der Waals surface area (Å²) >= 11 is 0. The number of nitrogens with zero attached hydrogens (tertiary/aromatic N) is 1. The second-order valence-corrected chi connectivity index (χ2v) is 3.87. The molecular weight excluding hydrogens is 202 g/mol. The van der Waals surface area contributed by atoms with E-state index in [-0.39, 0.29) is 11.8 Å².